The summed E-state index contributed by atoms with van der Waals surface area (Å²) in [5.41, 5.74) is 1.35. The van der Waals surface area contributed by atoms with Crippen LogP contribution in [0.5, 0.6) is 11.5 Å². The number of carbonyl (C=O) groups is 1. The van der Waals surface area contributed by atoms with Crippen LogP contribution in [-0.4, -0.2) is 34.5 Å². The molecule has 1 aliphatic rings. The Bertz CT molecular complexity index is 1310. The van der Waals surface area contributed by atoms with Crippen LogP contribution in [0.4, 0.5) is 0 Å². The van der Waals surface area contributed by atoms with E-state index in [-0.39, 0.29) is 17.6 Å². The Morgan fingerprint density at radius 3 is 2.97 bits per heavy atom. The van der Waals surface area contributed by atoms with Crippen LogP contribution in [0.15, 0.2) is 53.5 Å². The van der Waals surface area contributed by atoms with Crippen LogP contribution in [0.3, 0.4) is 0 Å². The number of ether oxygens (including phenoxy) is 2. The highest BCUT2D eigenvalue weighted by atomic mass is 32.1. The average molecular weight is 407 g/mol. The van der Waals surface area contributed by atoms with Gasteiger partial charge in [0.2, 0.25) is 0 Å². The minimum atomic E-state index is -0.280. The maximum absolute atomic E-state index is 12.8. The van der Waals surface area contributed by atoms with E-state index in [0.717, 1.165) is 5.56 Å². The monoisotopic (exact) mass is 407 g/mol. The molecule has 3 aromatic heterocycles. The Hall–Kier alpha value is -3.39. The molecule has 0 radical (unpaired) electrons. The number of pyridine rings is 1. The third kappa shape index (κ3) is 3.21. The number of benzene rings is 1. The van der Waals surface area contributed by atoms with E-state index in [4.69, 9.17) is 9.47 Å². The number of nitrogens with one attached hydrogen (secondary N) is 1. The molecule has 1 aliphatic heterocycles. The number of carbonyl (C=O) groups excluding carboxylic acids is 1. The molecule has 1 amide bonds. The van der Waals surface area contributed by atoms with Crippen LogP contribution in [0.2, 0.25) is 0 Å². The number of aryl methyl sites for hydroxylation is 1. The van der Waals surface area contributed by atoms with Crippen molar-refractivity contribution in [3.8, 4) is 11.5 Å². The number of para-hydroxylation sites is 2. The molecule has 0 unspecified atom stereocenters. The van der Waals surface area contributed by atoms with Crippen LogP contribution in [0.25, 0.3) is 15.9 Å². The van der Waals surface area contributed by atoms with Gasteiger partial charge in [-0.25, -0.2) is 4.98 Å². The SMILES string of the molecule is Cc1ccc2nc3sc(C(=O)NC[C@H]4COc5ccccc5O4)cc3c(=O)n2c1. The van der Waals surface area contributed by atoms with E-state index in [1.807, 2.05) is 37.3 Å². The molecule has 0 saturated heterocycles. The first-order chi connectivity index (χ1) is 14.1. The van der Waals surface area contributed by atoms with E-state index in [0.29, 0.717) is 45.4 Å². The number of thiophene rings is 1. The summed E-state index contributed by atoms with van der Waals surface area (Å²) < 4.78 is 13.0. The summed E-state index contributed by atoms with van der Waals surface area (Å²) >= 11 is 1.21. The quantitative estimate of drug-likeness (QED) is 0.565. The zero-order valence-corrected chi connectivity index (χ0v) is 16.4. The Labute approximate surface area is 169 Å². The summed E-state index contributed by atoms with van der Waals surface area (Å²) in [6.07, 6.45) is 1.47. The molecule has 1 aromatic carbocycles. The van der Waals surface area contributed by atoms with E-state index >= 15 is 0 Å². The fourth-order valence-electron chi connectivity index (χ4n) is 3.27. The molecule has 29 heavy (non-hydrogen) atoms. The smallest absolute Gasteiger partial charge is 0.266 e. The van der Waals surface area contributed by atoms with Crippen LogP contribution in [0.1, 0.15) is 15.2 Å². The van der Waals surface area contributed by atoms with Crippen molar-refractivity contribution in [3.05, 3.63) is 69.5 Å². The van der Waals surface area contributed by atoms with Crippen molar-refractivity contribution < 1.29 is 14.3 Å². The molecule has 0 aliphatic carbocycles. The van der Waals surface area contributed by atoms with E-state index in [9.17, 15) is 9.59 Å². The summed E-state index contributed by atoms with van der Waals surface area (Å²) in [5.74, 6) is 1.10. The van der Waals surface area contributed by atoms with Crippen LogP contribution < -0.4 is 20.3 Å². The zero-order valence-electron chi connectivity index (χ0n) is 15.5. The average Bonchev–Trinajstić information content (AvgIpc) is 3.17. The highest BCUT2D eigenvalue weighted by Crippen LogP contribution is 2.30. The predicted molar refractivity (Wildman–Crippen MR) is 110 cm³/mol. The first kappa shape index (κ1) is 17.7. The first-order valence-electron chi connectivity index (χ1n) is 9.18. The van der Waals surface area contributed by atoms with Gasteiger partial charge in [0.25, 0.3) is 11.5 Å². The molecule has 146 valence electrons. The van der Waals surface area contributed by atoms with Crippen molar-refractivity contribution in [2.24, 2.45) is 0 Å². The standard InChI is InChI=1S/C21H17N3O4S/c1-12-6-7-18-23-20-14(21(26)24(18)10-12)8-17(29-20)19(25)22-9-13-11-27-15-4-2-3-5-16(15)28-13/h2-8,10,13H,9,11H2,1H3,(H,22,25)/t13-/m0/s1. The summed E-state index contributed by atoms with van der Waals surface area (Å²) in [6, 6.07) is 12.7. The Morgan fingerprint density at radius 1 is 1.28 bits per heavy atom. The Kier molecular flexibility index (Phi) is 4.21. The van der Waals surface area contributed by atoms with E-state index in [2.05, 4.69) is 10.3 Å². The number of nitrogens with zero attached hydrogens (tertiary/aromatic N) is 2. The molecule has 0 saturated carbocycles. The zero-order chi connectivity index (χ0) is 20.0. The normalized spacial score (nSPS) is 15.6. The predicted octanol–water partition coefficient (Wildman–Crippen LogP) is 2.79. The second-order valence-electron chi connectivity index (χ2n) is 6.89. The van der Waals surface area contributed by atoms with Gasteiger partial charge in [-0.2, -0.15) is 0 Å². The Morgan fingerprint density at radius 2 is 2.10 bits per heavy atom. The third-order valence-corrected chi connectivity index (χ3v) is 5.76. The molecule has 0 bridgehead atoms. The molecule has 8 heteroatoms. The molecule has 1 N–H and O–H groups in total. The summed E-state index contributed by atoms with van der Waals surface area (Å²) in [7, 11) is 0. The van der Waals surface area contributed by atoms with Gasteiger partial charge >= 0.3 is 0 Å². The van der Waals surface area contributed by atoms with Gasteiger partial charge in [0.1, 0.15) is 23.2 Å². The molecular weight excluding hydrogens is 390 g/mol. The second kappa shape index (κ2) is 6.89. The highest BCUT2D eigenvalue weighted by molar-refractivity contribution is 7.20. The van der Waals surface area contributed by atoms with E-state index in [1.165, 1.54) is 15.7 Å². The van der Waals surface area contributed by atoms with Gasteiger partial charge in [-0.05, 0) is 36.8 Å². The second-order valence-corrected chi connectivity index (χ2v) is 7.92. The lowest BCUT2D eigenvalue weighted by Gasteiger charge is -2.26. The Balaban J connectivity index is 1.35. The van der Waals surface area contributed by atoms with Crippen molar-refractivity contribution in [1.29, 1.82) is 0 Å². The first-order valence-corrected chi connectivity index (χ1v) is 9.99. The van der Waals surface area contributed by atoms with Gasteiger partial charge in [0, 0.05) is 6.20 Å². The van der Waals surface area contributed by atoms with E-state index < -0.39 is 0 Å². The number of amides is 1. The lowest BCUT2D eigenvalue weighted by molar-refractivity contribution is 0.0791. The molecule has 0 spiro atoms. The lowest BCUT2D eigenvalue weighted by atomic mass is 10.2. The fourth-order valence-corrected chi connectivity index (χ4v) is 4.22. The molecule has 7 nitrogen and oxygen atoms in total. The molecule has 1 atom stereocenters. The molecule has 0 fully saturated rings. The number of aromatic nitrogens is 2. The topological polar surface area (TPSA) is 81.9 Å². The van der Waals surface area contributed by atoms with Crippen molar-refractivity contribution >= 4 is 33.1 Å². The number of hydrogen-bond donors (Lipinski definition) is 1. The van der Waals surface area contributed by atoms with Gasteiger partial charge in [-0.1, -0.05) is 18.2 Å². The third-order valence-electron chi connectivity index (χ3n) is 4.73. The van der Waals surface area contributed by atoms with Gasteiger partial charge in [-0.3, -0.25) is 14.0 Å². The summed E-state index contributed by atoms with van der Waals surface area (Å²) in [4.78, 5) is 30.9. The van der Waals surface area contributed by atoms with Crippen molar-refractivity contribution in [2.45, 2.75) is 13.0 Å². The van der Waals surface area contributed by atoms with Gasteiger partial charge in [0.15, 0.2) is 11.5 Å². The lowest BCUT2D eigenvalue weighted by Crippen LogP contribution is -2.40. The van der Waals surface area contributed by atoms with Crippen molar-refractivity contribution in [1.82, 2.24) is 14.7 Å². The maximum atomic E-state index is 12.8. The van der Waals surface area contributed by atoms with Crippen molar-refractivity contribution in [2.75, 3.05) is 13.2 Å². The van der Waals surface area contributed by atoms with Crippen LogP contribution >= 0.6 is 11.3 Å². The fraction of sp³-hybridized carbons (Fsp3) is 0.190. The number of fused-ring (bicyclic) bond motifs is 3. The van der Waals surface area contributed by atoms with Crippen LogP contribution in [-0.2, 0) is 0 Å². The maximum Gasteiger partial charge on any atom is 0.266 e. The minimum Gasteiger partial charge on any atom is -0.486 e. The molecule has 4 aromatic rings. The highest BCUT2D eigenvalue weighted by Gasteiger charge is 2.22. The van der Waals surface area contributed by atoms with Crippen LogP contribution in [0, 0.1) is 6.92 Å². The minimum absolute atomic E-state index is 0.176. The van der Waals surface area contributed by atoms with Gasteiger partial charge in [0.05, 0.1) is 16.8 Å². The van der Waals surface area contributed by atoms with Gasteiger partial charge in [-0.15, -0.1) is 11.3 Å². The molecular formula is C21H17N3O4S. The molecule has 4 heterocycles. The summed E-state index contributed by atoms with van der Waals surface area (Å²) in [6.45, 7) is 2.57. The number of hydrogen-bond acceptors (Lipinski definition) is 6. The van der Waals surface area contributed by atoms with E-state index in [1.54, 1.807) is 18.3 Å². The number of rotatable bonds is 3. The van der Waals surface area contributed by atoms with Gasteiger partial charge < -0.3 is 14.8 Å². The largest absolute Gasteiger partial charge is 0.486 e. The summed E-state index contributed by atoms with van der Waals surface area (Å²) in [5, 5.41) is 3.30. The molecule has 5 rings (SSSR count). The van der Waals surface area contributed by atoms with Crippen molar-refractivity contribution in [3.63, 3.8) is 0 Å².